The van der Waals surface area contributed by atoms with Crippen molar-refractivity contribution < 1.29 is 23.1 Å². The molecule has 1 saturated heterocycles. The van der Waals surface area contributed by atoms with Gasteiger partial charge in [-0.3, -0.25) is 9.69 Å². The van der Waals surface area contributed by atoms with Crippen molar-refractivity contribution in [3.63, 3.8) is 0 Å². The first-order valence-electron chi connectivity index (χ1n) is 8.48. The maximum Gasteiger partial charge on any atom is 0.416 e. The van der Waals surface area contributed by atoms with Crippen molar-refractivity contribution in [3.8, 4) is 0 Å². The van der Waals surface area contributed by atoms with Crippen molar-refractivity contribution >= 4 is 17.3 Å². The van der Waals surface area contributed by atoms with Crippen LogP contribution in [0.5, 0.6) is 0 Å². The standard InChI is InChI=1S/C19H20F3NO2S/c1-12-10-16(26-11-12)17(23-9-3-2-4-15(23)18(24)25)13-5-7-14(8-6-13)19(20,21)22/h5-8,10-11,15,17H,2-4,9H2,1H3,(H,24,25). The summed E-state index contributed by atoms with van der Waals surface area (Å²) in [4.78, 5) is 14.6. The molecule has 2 aromatic rings. The Morgan fingerprint density at radius 1 is 1.27 bits per heavy atom. The first-order chi connectivity index (χ1) is 12.3. The number of carboxylic acids is 1. The molecular formula is C19H20F3NO2S. The maximum atomic E-state index is 12.9. The second-order valence-electron chi connectivity index (χ2n) is 6.64. The molecule has 2 atom stereocenters. The molecule has 140 valence electrons. The van der Waals surface area contributed by atoms with Gasteiger partial charge in [0.2, 0.25) is 0 Å². The smallest absolute Gasteiger partial charge is 0.416 e. The number of carbonyl (C=O) groups is 1. The van der Waals surface area contributed by atoms with Gasteiger partial charge in [0, 0.05) is 4.88 Å². The number of rotatable bonds is 4. The first kappa shape index (κ1) is 18.9. The monoisotopic (exact) mass is 383 g/mol. The predicted octanol–water partition coefficient (Wildman–Crippen LogP) is 5.10. The zero-order valence-electron chi connectivity index (χ0n) is 14.3. The van der Waals surface area contributed by atoms with Crippen LogP contribution in [0.15, 0.2) is 35.7 Å². The number of benzene rings is 1. The third kappa shape index (κ3) is 3.94. The van der Waals surface area contributed by atoms with Crippen LogP contribution in [-0.2, 0) is 11.0 Å². The van der Waals surface area contributed by atoms with E-state index in [-0.39, 0.29) is 6.04 Å². The van der Waals surface area contributed by atoms with Gasteiger partial charge in [0.05, 0.1) is 11.6 Å². The Kier molecular flexibility index (Phi) is 5.39. The molecule has 1 aliphatic heterocycles. The van der Waals surface area contributed by atoms with Crippen LogP contribution in [0.3, 0.4) is 0 Å². The van der Waals surface area contributed by atoms with E-state index in [1.807, 2.05) is 23.3 Å². The maximum absolute atomic E-state index is 12.9. The molecule has 0 bridgehead atoms. The van der Waals surface area contributed by atoms with Gasteiger partial charge in [0.25, 0.3) is 0 Å². The van der Waals surface area contributed by atoms with Gasteiger partial charge in [-0.15, -0.1) is 11.3 Å². The van der Waals surface area contributed by atoms with Crippen molar-refractivity contribution in [1.29, 1.82) is 0 Å². The van der Waals surface area contributed by atoms with Crippen LogP contribution in [0.4, 0.5) is 13.2 Å². The highest BCUT2D eigenvalue weighted by molar-refractivity contribution is 7.10. The molecule has 0 amide bonds. The number of hydrogen-bond acceptors (Lipinski definition) is 3. The lowest BCUT2D eigenvalue weighted by Gasteiger charge is -2.39. The van der Waals surface area contributed by atoms with Gasteiger partial charge in [-0.2, -0.15) is 13.2 Å². The molecule has 1 aromatic heterocycles. The molecule has 3 nitrogen and oxygen atoms in total. The molecule has 7 heteroatoms. The minimum absolute atomic E-state index is 0.350. The summed E-state index contributed by atoms with van der Waals surface area (Å²) >= 11 is 1.51. The van der Waals surface area contributed by atoms with Crippen molar-refractivity contribution in [2.24, 2.45) is 0 Å². The molecule has 2 heterocycles. The zero-order chi connectivity index (χ0) is 18.9. The van der Waals surface area contributed by atoms with E-state index < -0.39 is 23.8 Å². The van der Waals surface area contributed by atoms with Gasteiger partial charge < -0.3 is 5.11 Å². The van der Waals surface area contributed by atoms with E-state index in [1.165, 1.54) is 23.5 Å². The summed E-state index contributed by atoms with van der Waals surface area (Å²) in [7, 11) is 0. The summed E-state index contributed by atoms with van der Waals surface area (Å²) in [5.74, 6) is -0.880. The van der Waals surface area contributed by atoms with Gasteiger partial charge in [0.15, 0.2) is 0 Å². The topological polar surface area (TPSA) is 40.5 Å². The number of aliphatic carboxylic acids is 1. The summed E-state index contributed by atoms with van der Waals surface area (Å²) < 4.78 is 38.7. The minimum Gasteiger partial charge on any atom is -0.480 e. The van der Waals surface area contributed by atoms with Crippen molar-refractivity contribution in [2.45, 2.75) is 44.4 Å². The highest BCUT2D eigenvalue weighted by atomic mass is 32.1. The Labute approximate surface area is 154 Å². The quantitative estimate of drug-likeness (QED) is 0.798. The SMILES string of the molecule is Cc1csc(C(c2ccc(C(F)(F)F)cc2)N2CCCCC2C(=O)O)c1. The molecule has 1 N–H and O–H groups in total. The number of carboxylic acid groups (broad SMARTS) is 1. The third-order valence-corrected chi connectivity index (χ3v) is 5.84. The lowest BCUT2D eigenvalue weighted by Crippen LogP contribution is -2.46. The molecule has 0 saturated carbocycles. The van der Waals surface area contributed by atoms with E-state index in [4.69, 9.17) is 0 Å². The molecule has 2 unspecified atom stereocenters. The van der Waals surface area contributed by atoms with Gasteiger partial charge >= 0.3 is 12.1 Å². The predicted molar refractivity (Wildman–Crippen MR) is 94.3 cm³/mol. The molecule has 0 spiro atoms. The van der Waals surface area contributed by atoms with Crippen LogP contribution in [0.1, 0.15) is 46.9 Å². The lowest BCUT2D eigenvalue weighted by molar-refractivity contribution is -0.145. The second kappa shape index (κ2) is 7.40. The summed E-state index contributed by atoms with van der Waals surface area (Å²) in [5, 5.41) is 11.6. The van der Waals surface area contributed by atoms with E-state index in [9.17, 15) is 23.1 Å². The fraction of sp³-hybridized carbons (Fsp3) is 0.421. The van der Waals surface area contributed by atoms with Crippen molar-refractivity contribution in [3.05, 3.63) is 57.3 Å². The van der Waals surface area contributed by atoms with Crippen molar-refractivity contribution in [2.75, 3.05) is 6.54 Å². The number of hydrogen-bond donors (Lipinski definition) is 1. The Hall–Kier alpha value is -1.86. The minimum atomic E-state index is -4.39. The summed E-state index contributed by atoms with van der Waals surface area (Å²) in [6.45, 7) is 2.56. The van der Waals surface area contributed by atoms with E-state index in [2.05, 4.69) is 0 Å². The van der Waals surface area contributed by atoms with Gasteiger partial charge in [-0.1, -0.05) is 18.6 Å². The molecule has 3 rings (SSSR count). The number of alkyl halides is 3. The zero-order valence-corrected chi connectivity index (χ0v) is 15.1. The largest absolute Gasteiger partial charge is 0.480 e. The number of aryl methyl sites for hydroxylation is 1. The van der Waals surface area contributed by atoms with Gasteiger partial charge in [-0.05, 0) is 61.0 Å². The van der Waals surface area contributed by atoms with Crippen molar-refractivity contribution in [1.82, 2.24) is 4.90 Å². The number of piperidine rings is 1. The van der Waals surface area contributed by atoms with Crippen LogP contribution in [0.2, 0.25) is 0 Å². The molecule has 1 fully saturated rings. The Morgan fingerprint density at radius 3 is 2.50 bits per heavy atom. The lowest BCUT2D eigenvalue weighted by atomic mass is 9.94. The van der Waals surface area contributed by atoms with Crippen LogP contribution in [-0.4, -0.2) is 28.6 Å². The summed E-state index contributed by atoms with van der Waals surface area (Å²) in [5.41, 5.74) is 1.05. The van der Waals surface area contributed by atoms with E-state index in [0.29, 0.717) is 18.5 Å². The summed E-state index contributed by atoms with van der Waals surface area (Å²) in [6.07, 6.45) is -2.11. The molecule has 0 aliphatic carbocycles. The Morgan fingerprint density at radius 2 is 1.96 bits per heavy atom. The highest BCUT2D eigenvalue weighted by Crippen LogP contribution is 2.38. The Bertz CT molecular complexity index is 770. The molecule has 1 aliphatic rings. The van der Waals surface area contributed by atoms with E-state index >= 15 is 0 Å². The average Bonchev–Trinajstić information content (AvgIpc) is 3.01. The summed E-state index contributed by atoms with van der Waals surface area (Å²) in [6, 6.07) is 6.09. The number of halogens is 3. The van der Waals surface area contributed by atoms with E-state index in [0.717, 1.165) is 35.4 Å². The normalized spacial score (nSPS) is 20.1. The molecule has 0 radical (unpaired) electrons. The van der Waals surface area contributed by atoms with Crippen LogP contribution >= 0.6 is 11.3 Å². The third-order valence-electron chi connectivity index (χ3n) is 4.73. The van der Waals surface area contributed by atoms with Crippen LogP contribution < -0.4 is 0 Å². The van der Waals surface area contributed by atoms with Gasteiger partial charge in [0.1, 0.15) is 6.04 Å². The number of nitrogens with zero attached hydrogens (tertiary/aromatic N) is 1. The van der Waals surface area contributed by atoms with Crippen LogP contribution in [0.25, 0.3) is 0 Å². The fourth-order valence-corrected chi connectivity index (χ4v) is 4.54. The molecule has 26 heavy (non-hydrogen) atoms. The molecule has 1 aromatic carbocycles. The fourth-order valence-electron chi connectivity index (χ4n) is 3.50. The highest BCUT2D eigenvalue weighted by Gasteiger charge is 2.36. The number of likely N-dealkylation sites (tertiary alicyclic amines) is 1. The first-order valence-corrected chi connectivity index (χ1v) is 9.36. The average molecular weight is 383 g/mol. The van der Waals surface area contributed by atoms with E-state index in [1.54, 1.807) is 0 Å². The number of thiophene rings is 1. The second-order valence-corrected chi connectivity index (χ2v) is 7.58. The Balaban J connectivity index is 2.02. The van der Waals surface area contributed by atoms with Crippen LogP contribution in [0, 0.1) is 6.92 Å². The molecular weight excluding hydrogens is 363 g/mol. The van der Waals surface area contributed by atoms with Gasteiger partial charge in [-0.25, -0.2) is 0 Å².